The Balaban J connectivity index is 1.78. The third-order valence-electron chi connectivity index (χ3n) is 3.42. The predicted octanol–water partition coefficient (Wildman–Crippen LogP) is 2.85. The van der Waals surface area contributed by atoms with Gasteiger partial charge in [-0.15, -0.1) is 0 Å². The van der Waals surface area contributed by atoms with Crippen molar-refractivity contribution in [1.82, 2.24) is 10.9 Å². The molecule has 2 aromatic rings. The molecule has 2 amide bonds. The van der Waals surface area contributed by atoms with E-state index in [4.69, 9.17) is 9.47 Å². The number of halogens is 1. The lowest BCUT2D eigenvalue weighted by Gasteiger charge is -2.15. The van der Waals surface area contributed by atoms with E-state index in [2.05, 4.69) is 10.9 Å². The summed E-state index contributed by atoms with van der Waals surface area (Å²) in [5, 5.41) is 0. The van der Waals surface area contributed by atoms with Crippen molar-refractivity contribution < 1.29 is 23.5 Å². The number of hydrogen-bond donors (Lipinski definition) is 2. The molecule has 0 aliphatic carbocycles. The van der Waals surface area contributed by atoms with Gasteiger partial charge in [-0.1, -0.05) is 12.1 Å². The summed E-state index contributed by atoms with van der Waals surface area (Å²) >= 11 is 0. The SMILES string of the molecule is CCOc1ccc(O[C@H](C)C(=O)NNC(=O)/C=C/c2ccc(F)cc2)cc1. The molecule has 0 fully saturated rings. The molecule has 27 heavy (non-hydrogen) atoms. The van der Waals surface area contributed by atoms with Crippen molar-refractivity contribution in [3.8, 4) is 11.5 Å². The van der Waals surface area contributed by atoms with Crippen LogP contribution in [0.2, 0.25) is 0 Å². The van der Waals surface area contributed by atoms with E-state index >= 15 is 0 Å². The Kier molecular flexibility index (Phi) is 7.37. The third kappa shape index (κ3) is 6.81. The minimum Gasteiger partial charge on any atom is -0.494 e. The van der Waals surface area contributed by atoms with Gasteiger partial charge in [-0.05, 0) is 61.9 Å². The molecule has 0 spiro atoms. The summed E-state index contributed by atoms with van der Waals surface area (Å²) in [5.74, 6) is -0.176. The molecule has 0 radical (unpaired) electrons. The first-order chi connectivity index (χ1) is 13.0. The molecular formula is C20H21FN2O4. The van der Waals surface area contributed by atoms with Crippen LogP contribution >= 0.6 is 0 Å². The highest BCUT2D eigenvalue weighted by atomic mass is 19.1. The van der Waals surface area contributed by atoms with Gasteiger partial charge in [0.05, 0.1) is 6.61 Å². The van der Waals surface area contributed by atoms with E-state index < -0.39 is 17.9 Å². The molecule has 1 atom stereocenters. The minimum atomic E-state index is -0.815. The summed E-state index contributed by atoms with van der Waals surface area (Å²) < 4.78 is 23.7. The summed E-state index contributed by atoms with van der Waals surface area (Å²) in [6, 6.07) is 12.5. The molecule has 0 bridgehead atoms. The zero-order valence-corrected chi connectivity index (χ0v) is 15.1. The topological polar surface area (TPSA) is 76.7 Å². The van der Waals surface area contributed by atoms with Crippen LogP contribution in [0.4, 0.5) is 4.39 Å². The summed E-state index contributed by atoms with van der Waals surface area (Å²) in [4.78, 5) is 23.7. The Labute approximate surface area is 157 Å². The maximum atomic E-state index is 12.8. The fraction of sp³-hybridized carbons (Fsp3) is 0.200. The summed E-state index contributed by atoms with van der Waals surface area (Å²) in [5.41, 5.74) is 5.19. The fourth-order valence-electron chi connectivity index (χ4n) is 2.05. The Morgan fingerprint density at radius 1 is 1.04 bits per heavy atom. The number of nitrogens with one attached hydrogen (secondary N) is 2. The summed E-state index contributed by atoms with van der Waals surface area (Å²) in [7, 11) is 0. The summed E-state index contributed by atoms with van der Waals surface area (Å²) in [6.45, 7) is 4.01. The van der Waals surface area contributed by atoms with Gasteiger partial charge < -0.3 is 9.47 Å². The summed E-state index contributed by atoms with van der Waals surface area (Å²) in [6.07, 6.45) is 1.91. The second kappa shape index (κ2) is 9.96. The van der Waals surface area contributed by atoms with Crippen molar-refractivity contribution in [2.24, 2.45) is 0 Å². The molecule has 0 saturated heterocycles. The first kappa shape index (κ1) is 20.0. The van der Waals surface area contributed by atoms with Gasteiger partial charge in [0.25, 0.3) is 11.8 Å². The fourth-order valence-corrected chi connectivity index (χ4v) is 2.05. The van der Waals surface area contributed by atoms with Gasteiger partial charge in [0, 0.05) is 6.08 Å². The largest absolute Gasteiger partial charge is 0.494 e. The highest BCUT2D eigenvalue weighted by molar-refractivity contribution is 5.93. The number of hydrogen-bond acceptors (Lipinski definition) is 4. The molecule has 0 aliphatic heterocycles. The van der Waals surface area contributed by atoms with Crippen molar-refractivity contribution in [2.75, 3.05) is 6.61 Å². The van der Waals surface area contributed by atoms with Crippen molar-refractivity contribution in [3.05, 3.63) is 66.0 Å². The van der Waals surface area contributed by atoms with E-state index in [0.29, 0.717) is 23.7 Å². The van der Waals surface area contributed by atoms with Gasteiger partial charge in [0.15, 0.2) is 6.10 Å². The normalized spacial score (nSPS) is 11.7. The first-order valence-electron chi connectivity index (χ1n) is 8.41. The van der Waals surface area contributed by atoms with Crippen molar-refractivity contribution in [1.29, 1.82) is 0 Å². The Morgan fingerprint density at radius 3 is 2.30 bits per heavy atom. The smallest absolute Gasteiger partial charge is 0.279 e. The molecule has 2 rings (SSSR count). The van der Waals surface area contributed by atoms with Gasteiger partial charge in [0.2, 0.25) is 0 Å². The molecule has 0 saturated carbocycles. The van der Waals surface area contributed by atoms with Crippen LogP contribution in [-0.2, 0) is 9.59 Å². The molecule has 0 heterocycles. The van der Waals surface area contributed by atoms with Gasteiger partial charge in [-0.2, -0.15) is 0 Å². The average molecular weight is 372 g/mol. The van der Waals surface area contributed by atoms with E-state index in [1.54, 1.807) is 31.2 Å². The molecule has 142 valence electrons. The van der Waals surface area contributed by atoms with E-state index in [9.17, 15) is 14.0 Å². The monoisotopic (exact) mass is 372 g/mol. The van der Waals surface area contributed by atoms with Crippen molar-refractivity contribution in [3.63, 3.8) is 0 Å². The number of hydrazine groups is 1. The molecule has 2 aromatic carbocycles. The van der Waals surface area contributed by atoms with E-state index in [1.165, 1.54) is 36.4 Å². The average Bonchev–Trinajstić information content (AvgIpc) is 2.67. The molecule has 0 unspecified atom stereocenters. The maximum Gasteiger partial charge on any atom is 0.279 e. The molecule has 2 N–H and O–H groups in total. The van der Waals surface area contributed by atoms with Gasteiger partial charge >= 0.3 is 0 Å². The van der Waals surface area contributed by atoms with Crippen molar-refractivity contribution >= 4 is 17.9 Å². The zero-order valence-electron chi connectivity index (χ0n) is 15.1. The number of ether oxygens (including phenoxy) is 2. The molecular weight excluding hydrogens is 351 g/mol. The quantitative estimate of drug-likeness (QED) is 0.579. The Bertz CT molecular complexity index is 789. The lowest BCUT2D eigenvalue weighted by atomic mass is 10.2. The second-order valence-electron chi connectivity index (χ2n) is 5.53. The van der Waals surface area contributed by atoms with E-state index in [1.807, 2.05) is 6.92 Å². The maximum absolute atomic E-state index is 12.8. The molecule has 0 aromatic heterocycles. The number of amides is 2. The van der Waals surface area contributed by atoms with E-state index in [-0.39, 0.29) is 5.82 Å². The molecule has 6 nitrogen and oxygen atoms in total. The predicted molar refractivity (Wildman–Crippen MR) is 99.4 cm³/mol. The van der Waals surface area contributed by atoms with Crippen LogP contribution in [0, 0.1) is 5.82 Å². The number of rotatable bonds is 7. The second-order valence-corrected chi connectivity index (χ2v) is 5.53. The standard InChI is InChI=1S/C20H21FN2O4/c1-3-26-17-9-11-18(12-10-17)27-14(2)20(25)23-22-19(24)13-6-15-4-7-16(21)8-5-15/h4-14H,3H2,1-2H3,(H,22,24)(H,23,25)/b13-6+/t14-/m1/s1. The highest BCUT2D eigenvalue weighted by Crippen LogP contribution is 2.18. The number of carbonyl (C=O) groups excluding carboxylic acids is 2. The van der Waals surface area contributed by atoms with Crippen LogP contribution in [0.3, 0.4) is 0 Å². The van der Waals surface area contributed by atoms with Gasteiger partial charge in [-0.3, -0.25) is 20.4 Å². The van der Waals surface area contributed by atoms with Gasteiger partial charge in [-0.25, -0.2) is 4.39 Å². The van der Waals surface area contributed by atoms with Crippen LogP contribution < -0.4 is 20.3 Å². The lowest BCUT2D eigenvalue weighted by molar-refractivity contribution is -0.131. The zero-order chi connectivity index (χ0) is 19.6. The van der Waals surface area contributed by atoms with Crippen LogP contribution in [-0.4, -0.2) is 24.5 Å². The van der Waals surface area contributed by atoms with Crippen molar-refractivity contribution in [2.45, 2.75) is 20.0 Å². The highest BCUT2D eigenvalue weighted by Gasteiger charge is 2.15. The Hall–Kier alpha value is -3.35. The number of carbonyl (C=O) groups is 2. The molecule has 0 aliphatic rings. The molecule has 7 heteroatoms. The van der Waals surface area contributed by atoms with Crippen LogP contribution in [0.25, 0.3) is 6.08 Å². The lowest BCUT2D eigenvalue weighted by Crippen LogP contribution is -2.46. The van der Waals surface area contributed by atoms with Crippen LogP contribution in [0.15, 0.2) is 54.6 Å². The third-order valence-corrected chi connectivity index (χ3v) is 3.42. The van der Waals surface area contributed by atoms with Crippen LogP contribution in [0.1, 0.15) is 19.4 Å². The van der Waals surface area contributed by atoms with Crippen LogP contribution in [0.5, 0.6) is 11.5 Å². The minimum absolute atomic E-state index is 0.356. The Morgan fingerprint density at radius 2 is 1.67 bits per heavy atom. The van der Waals surface area contributed by atoms with E-state index in [0.717, 1.165) is 0 Å². The number of benzene rings is 2. The van der Waals surface area contributed by atoms with Gasteiger partial charge in [0.1, 0.15) is 17.3 Å². The first-order valence-corrected chi connectivity index (χ1v) is 8.41.